The Morgan fingerprint density at radius 1 is 0.949 bits per heavy atom. The van der Waals surface area contributed by atoms with Gasteiger partial charge in [-0.2, -0.15) is 5.10 Å². The van der Waals surface area contributed by atoms with Gasteiger partial charge in [0.1, 0.15) is 18.1 Å². The van der Waals surface area contributed by atoms with Crippen LogP contribution in [0.5, 0.6) is 11.5 Å². The fourth-order valence-electron chi connectivity index (χ4n) is 4.00. The van der Waals surface area contributed by atoms with Crippen LogP contribution in [0.15, 0.2) is 62.6 Å². The Hall–Kier alpha value is -2.35. The van der Waals surface area contributed by atoms with Gasteiger partial charge in [-0.05, 0) is 101 Å². The summed E-state index contributed by atoms with van der Waals surface area (Å²) in [5, 5.41) is 15.7. The van der Waals surface area contributed by atoms with Crippen LogP contribution in [0.25, 0.3) is 0 Å². The quantitative estimate of drug-likeness (QED) is 0.185. The first-order chi connectivity index (χ1) is 18.1. The highest BCUT2D eigenvalue weighted by atomic mass is 79.9. The molecule has 0 unspecified atom stereocenters. The molecule has 8 heteroatoms. The summed E-state index contributed by atoms with van der Waals surface area (Å²) < 4.78 is 7.48. The maximum Gasteiger partial charge on any atom is 0.240 e. The summed E-state index contributed by atoms with van der Waals surface area (Å²) in [6.45, 7) is 12.9. The number of carbonyl (C=O) groups excluding carboxylic acids is 1. The zero-order valence-electron chi connectivity index (χ0n) is 23.2. The number of nitrogens with zero attached hydrogens (tertiary/aromatic N) is 1. The number of amides is 1. The molecule has 208 valence electrons. The summed E-state index contributed by atoms with van der Waals surface area (Å²) in [4.78, 5) is 12.5. The van der Waals surface area contributed by atoms with Gasteiger partial charge in [-0.1, -0.05) is 77.4 Å². The number of phenols is 1. The number of hydrazone groups is 1. The van der Waals surface area contributed by atoms with Gasteiger partial charge in [-0.15, -0.1) is 0 Å². The van der Waals surface area contributed by atoms with Crippen LogP contribution in [0.2, 0.25) is 5.02 Å². The largest absolute Gasteiger partial charge is 0.507 e. The monoisotopic (exact) mass is 676 g/mol. The zero-order valence-corrected chi connectivity index (χ0v) is 27.1. The summed E-state index contributed by atoms with van der Waals surface area (Å²) in [5.41, 5.74) is 6.77. The number of ether oxygens (including phenoxy) is 1. The topological polar surface area (TPSA) is 70.9 Å². The first-order valence-electron chi connectivity index (χ1n) is 12.7. The van der Waals surface area contributed by atoms with Gasteiger partial charge in [-0.25, -0.2) is 5.43 Å². The molecule has 0 saturated heterocycles. The highest BCUT2D eigenvalue weighted by Gasteiger charge is 2.26. The summed E-state index contributed by atoms with van der Waals surface area (Å²) in [6, 6.07) is 15.3. The minimum absolute atomic E-state index is 0.185. The second-order valence-electron chi connectivity index (χ2n) is 11.6. The highest BCUT2D eigenvalue weighted by Crippen LogP contribution is 2.40. The van der Waals surface area contributed by atoms with Crippen LogP contribution in [-0.2, 0) is 28.7 Å². The van der Waals surface area contributed by atoms with Gasteiger partial charge in [0.05, 0.1) is 15.2 Å². The first-order valence-corrected chi connectivity index (χ1v) is 14.7. The molecule has 3 aromatic rings. The van der Waals surface area contributed by atoms with Crippen LogP contribution in [-0.4, -0.2) is 17.2 Å². The van der Waals surface area contributed by atoms with E-state index in [4.69, 9.17) is 16.3 Å². The second-order valence-corrected chi connectivity index (χ2v) is 13.7. The SMILES string of the molecule is CC(C)(C)c1cc(CCC(=O)N/N=C\c2cc(Br)c(OCc3ccc(Cl)cc3)c(Br)c2)cc(C(C)(C)C)c1O. The number of nitrogens with one attached hydrogen (secondary N) is 1. The molecule has 2 N–H and O–H groups in total. The van der Waals surface area contributed by atoms with E-state index in [2.05, 4.69) is 83.9 Å². The van der Waals surface area contributed by atoms with Crippen molar-refractivity contribution in [3.05, 3.63) is 90.3 Å². The maximum absolute atomic E-state index is 12.5. The molecule has 0 atom stereocenters. The van der Waals surface area contributed by atoms with Gasteiger partial charge in [0.15, 0.2) is 0 Å². The lowest BCUT2D eigenvalue weighted by Gasteiger charge is -2.28. The molecule has 0 fully saturated rings. The molecule has 0 saturated carbocycles. The summed E-state index contributed by atoms with van der Waals surface area (Å²) in [7, 11) is 0. The van der Waals surface area contributed by atoms with Crippen molar-refractivity contribution in [2.45, 2.75) is 71.8 Å². The van der Waals surface area contributed by atoms with Crippen LogP contribution in [0, 0.1) is 0 Å². The summed E-state index contributed by atoms with van der Waals surface area (Å²) in [6.07, 6.45) is 2.41. The van der Waals surface area contributed by atoms with Gasteiger partial charge < -0.3 is 9.84 Å². The van der Waals surface area contributed by atoms with Crippen molar-refractivity contribution in [2.24, 2.45) is 5.10 Å². The van der Waals surface area contributed by atoms with Gasteiger partial charge in [0.2, 0.25) is 5.91 Å². The van der Waals surface area contributed by atoms with Crippen molar-refractivity contribution >= 4 is 55.6 Å². The molecule has 39 heavy (non-hydrogen) atoms. The molecule has 0 aromatic heterocycles. The van der Waals surface area contributed by atoms with Crippen LogP contribution >= 0.6 is 43.5 Å². The van der Waals surface area contributed by atoms with Crippen molar-refractivity contribution in [3.63, 3.8) is 0 Å². The Labute approximate surface area is 253 Å². The van der Waals surface area contributed by atoms with E-state index in [-0.39, 0.29) is 23.2 Å². The van der Waals surface area contributed by atoms with E-state index < -0.39 is 0 Å². The Bertz CT molecular complexity index is 1300. The number of phenolic OH excluding ortho intramolecular Hbond substituents is 1. The molecule has 0 bridgehead atoms. The summed E-state index contributed by atoms with van der Waals surface area (Å²) in [5.74, 6) is 0.825. The maximum atomic E-state index is 12.5. The van der Waals surface area contributed by atoms with Crippen molar-refractivity contribution in [1.29, 1.82) is 0 Å². The van der Waals surface area contributed by atoms with Crippen molar-refractivity contribution in [3.8, 4) is 11.5 Å². The average Bonchev–Trinajstić information content (AvgIpc) is 2.82. The van der Waals surface area contributed by atoms with E-state index in [1.165, 1.54) is 0 Å². The standard InChI is InChI=1S/C31H35Br2ClN2O3/c1-30(2,3)23-13-20(14-24(28(23)38)31(4,5)6)9-12-27(37)36-35-17-21-15-25(32)29(26(33)16-21)39-18-19-7-10-22(34)11-8-19/h7-8,10-11,13-17,38H,9,12,18H2,1-6H3,(H,36,37)/b35-17-. The van der Waals surface area contributed by atoms with Gasteiger partial charge in [-0.3, -0.25) is 4.79 Å². The van der Waals surface area contributed by atoms with E-state index in [0.717, 1.165) is 36.8 Å². The van der Waals surface area contributed by atoms with Crippen molar-refractivity contribution in [1.82, 2.24) is 5.43 Å². The lowest BCUT2D eigenvalue weighted by Crippen LogP contribution is -2.20. The fourth-order valence-corrected chi connectivity index (χ4v) is 5.58. The Morgan fingerprint density at radius 2 is 1.49 bits per heavy atom. The third-order valence-electron chi connectivity index (χ3n) is 6.15. The number of aryl methyl sites for hydroxylation is 1. The van der Waals surface area contributed by atoms with Crippen LogP contribution in [0.3, 0.4) is 0 Å². The molecule has 0 radical (unpaired) electrons. The zero-order chi connectivity index (χ0) is 29.0. The predicted octanol–water partition coefficient (Wildman–Crippen LogP) is 8.83. The summed E-state index contributed by atoms with van der Waals surface area (Å²) >= 11 is 13.1. The molecule has 0 aliphatic carbocycles. The number of carbonyl (C=O) groups is 1. The minimum atomic E-state index is -0.217. The number of aromatic hydroxyl groups is 1. The molecule has 3 rings (SSSR count). The number of hydrogen-bond donors (Lipinski definition) is 2. The average molecular weight is 679 g/mol. The van der Waals surface area contributed by atoms with Crippen LogP contribution in [0.1, 0.15) is 75.8 Å². The molecule has 0 spiro atoms. The molecule has 3 aromatic carbocycles. The lowest BCUT2D eigenvalue weighted by molar-refractivity contribution is -0.121. The first kappa shape index (κ1) is 31.2. The van der Waals surface area contributed by atoms with Crippen molar-refractivity contribution < 1.29 is 14.6 Å². The molecule has 1 amide bonds. The van der Waals surface area contributed by atoms with E-state index >= 15 is 0 Å². The predicted molar refractivity (Wildman–Crippen MR) is 167 cm³/mol. The third-order valence-corrected chi connectivity index (χ3v) is 7.58. The van der Waals surface area contributed by atoms with E-state index in [9.17, 15) is 9.90 Å². The molecule has 0 aliphatic heterocycles. The molecule has 0 heterocycles. The number of benzene rings is 3. The minimum Gasteiger partial charge on any atom is -0.507 e. The molecule has 5 nitrogen and oxygen atoms in total. The number of rotatable bonds is 8. The Morgan fingerprint density at radius 3 is 2.00 bits per heavy atom. The fraction of sp³-hybridized carbons (Fsp3) is 0.355. The normalized spacial score (nSPS) is 12.1. The van der Waals surface area contributed by atoms with Crippen LogP contribution < -0.4 is 10.2 Å². The van der Waals surface area contributed by atoms with E-state index in [0.29, 0.717) is 29.5 Å². The molecule has 0 aliphatic rings. The van der Waals surface area contributed by atoms with Crippen LogP contribution in [0.4, 0.5) is 0 Å². The van der Waals surface area contributed by atoms with E-state index in [1.54, 1.807) is 6.21 Å². The second kappa shape index (κ2) is 12.9. The van der Waals surface area contributed by atoms with Gasteiger partial charge >= 0.3 is 0 Å². The highest BCUT2D eigenvalue weighted by molar-refractivity contribution is 9.11. The number of hydrogen-bond acceptors (Lipinski definition) is 4. The third kappa shape index (κ3) is 8.82. The van der Waals surface area contributed by atoms with Gasteiger partial charge in [0.25, 0.3) is 0 Å². The Balaban J connectivity index is 1.62. The van der Waals surface area contributed by atoms with Gasteiger partial charge in [0, 0.05) is 11.4 Å². The van der Waals surface area contributed by atoms with E-state index in [1.807, 2.05) is 48.5 Å². The number of halogens is 3. The smallest absolute Gasteiger partial charge is 0.240 e. The van der Waals surface area contributed by atoms with Crippen molar-refractivity contribution in [2.75, 3.05) is 0 Å². The Kier molecular flexibility index (Phi) is 10.3. The molecular formula is C31H35Br2ClN2O3. The molecular weight excluding hydrogens is 644 g/mol. The lowest BCUT2D eigenvalue weighted by atomic mass is 9.78.